The van der Waals surface area contributed by atoms with Gasteiger partial charge in [0.15, 0.2) is 17.5 Å². The van der Waals surface area contributed by atoms with Gasteiger partial charge in [-0.15, -0.1) is 16.9 Å². The fourth-order valence-electron chi connectivity index (χ4n) is 6.40. The minimum Gasteiger partial charge on any atom is -0.389 e. The third kappa shape index (κ3) is 11.6. The molecule has 0 bridgehead atoms. The lowest BCUT2D eigenvalue weighted by atomic mass is 9.96. The molecule has 1 aliphatic rings. The summed E-state index contributed by atoms with van der Waals surface area (Å²) in [4.78, 5) is 15.1. The van der Waals surface area contributed by atoms with E-state index >= 15 is 0 Å². The maximum absolute atomic E-state index is 14.5. The summed E-state index contributed by atoms with van der Waals surface area (Å²) in [5.41, 5.74) is -0.202. The van der Waals surface area contributed by atoms with Crippen molar-refractivity contribution in [2.45, 2.75) is 74.3 Å². The van der Waals surface area contributed by atoms with Gasteiger partial charge in [0.05, 0.1) is 38.2 Å². The monoisotopic (exact) mass is 892 g/mol. The fourth-order valence-corrected chi connectivity index (χ4v) is 8.30. The number of amides is 1. The summed E-state index contributed by atoms with van der Waals surface area (Å²) in [5, 5.41) is 20.6. The van der Waals surface area contributed by atoms with E-state index in [1.165, 1.54) is 29.6 Å². The Bertz CT molecular complexity index is 2160. The van der Waals surface area contributed by atoms with Crippen molar-refractivity contribution in [1.82, 2.24) is 19.9 Å². The highest BCUT2D eigenvalue weighted by Gasteiger charge is 2.52. The van der Waals surface area contributed by atoms with Crippen LogP contribution in [0.1, 0.15) is 36.6 Å². The van der Waals surface area contributed by atoms with Crippen LogP contribution < -0.4 is 0 Å². The molecule has 5 aromatic rings. The van der Waals surface area contributed by atoms with Gasteiger partial charge in [-0.05, 0) is 79.1 Å². The molecule has 1 unspecified atom stereocenters. The van der Waals surface area contributed by atoms with Crippen molar-refractivity contribution in [3.05, 3.63) is 140 Å². The van der Waals surface area contributed by atoms with Crippen LogP contribution in [0.25, 0.3) is 11.3 Å². The zero-order chi connectivity index (χ0) is 42.4. The highest BCUT2D eigenvalue weighted by molar-refractivity contribution is 8.01. The van der Waals surface area contributed by atoms with Gasteiger partial charge >= 0.3 is 0 Å². The Morgan fingerprint density at radius 3 is 1.83 bits per heavy atom. The van der Waals surface area contributed by atoms with E-state index in [1.807, 2.05) is 24.3 Å². The molecule has 1 aromatic heterocycles. The summed E-state index contributed by atoms with van der Waals surface area (Å²) in [5.74, 6) is -4.79. The van der Waals surface area contributed by atoms with Crippen LogP contribution in [0.3, 0.4) is 0 Å². The minimum absolute atomic E-state index is 0.0269. The molecule has 1 amide bonds. The number of carbonyl (C=O) groups excluding carboxylic acids is 1. The predicted molar refractivity (Wildman–Crippen MR) is 221 cm³/mol. The third-order valence-corrected chi connectivity index (χ3v) is 11.9. The van der Waals surface area contributed by atoms with Gasteiger partial charge < -0.3 is 29.0 Å². The second kappa shape index (κ2) is 19.8. The van der Waals surface area contributed by atoms with E-state index in [4.69, 9.17) is 53.8 Å². The van der Waals surface area contributed by atoms with Gasteiger partial charge in [0.2, 0.25) is 5.91 Å². The van der Waals surface area contributed by atoms with Gasteiger partial charge in [-0.1, -0.05) is 76.4 Å². The second-order valence-corrected chi connectivity index (χ2v) is 17.2. The van der Waals surface area contributed by atoms with Gasteiger partial charge in [-0.3, -0.25) is 4.79 Å². The molecule has 0 radical (unpaired) electrons. The molecule has 1 aliphatic heterocycles. The highest BCUT2D eigenvalue weighted by atomic mass is 35.5. The normalized spacial score (nSPS) is 20.1. The molecule has 4 aromatic carbocycles. The van der Waals surface area contributed by atoms with E-state index in [0.29, 0.717) is 15.1 Å². The summed E-state index contributed by atoms with van der Waals surface area (Å²) >= 11 is 19.6. The molecule has 6 atom stereocenters. The van der Waals surface area contributed by atoms with Crippen molar-refractivity contribution in [2.75, 3.05) is 20.7 Å². The number of hydrogen-bond acceptors (Lipinski definition) is 9. The first kappa shape index (κ1) is 44.8. The van der Waals surface area contributed by atoms with E-state index < -0.39 is 58.1 Å². The molecule has 1 N–H and O–H groups in total. The summed E-state index contributed by atoms with van der Waals surface area (Å²) in [7, 11) is 3.18. The number of rotatable bonds is 16. The van der Waals surface area contributed by atoms with Crippen LogP contribution in [0.2, 0.25) is 15.1 Å². The van der Waals surface area contributed by atoms with Gasteiger partial charge in [0.25, 0.3) is 0 Å². The average molecular weight is 894 g/mol. The van der Waals surface area contributed by atoms with Crippen LogP contribution in [0.5, 0.6) is 0 Å². The molecule has 1 fully saturated rings. The molecule has 2 heterocycles. The van der Waals surface area contributed by atoms with Crippen molar-refractivity contribution in [1.29, 1.82) is 0 Å². The third-order valence-electron chi connectivity index (χ3n) is 9.46. The molecule has 0 aliphatic carbocycles. The van der Waals surface area contributed by atoms with E-state index in [-0.39, 0.29) is 43.6 Å². The number of thioether (sulfide) groups is 1. The number of ether oxygens (including phenoxy) is 4. The molecule has 59 heavy (non-hydrogen) atoms. The first-order valence-electron chi connectivity index (χ1n) is 18.4. The smallest absolute Gasteiger partial charge is 0.238 e. The minimum atomic E-state index is -1.62. The van der Waals surface area contributed by atoms with Crippen LogP contribution in [0.15, 0.2) is 91.1 Å². The Morgan fingerprint density at radius 2 is 1.34 bits per heavy atom. The summed E-state index contributed by atoms with van der Waals surface area (Å²) in [6.07, 6.45) is -1.36. The van der Waals surface area contributed by atoms with Crippen molar-refractivity contribution >= 4 is 52.5 Å². The molecule has 0 saturated carbocycles. The highest BCUT2D eigenvalue weighted by Crippen LogP contribution is 2.43. The number of aromatic nitrogens is 3. The molecule has 10 nitrogen and oxygen atoms in total. The summed E-state index contributed by atoms with van der Waals surface area (Å²) < 4.78 is 71.0. The Hall–Kier alpha value is -3.70. The standard InChI is InChI=1S/C42H42Cl3F3N4O6S/c1-42(2,54)39(40(53)51(3)4)59-41-38(57-22-26-9-15-30(45)16-10-26)36(52-19-33(49-50-52)27-17-31(46)35(48)32(47)18-27)37(56-21-25-7-13-29(44)14-8-25)34(58-41)23-55-20-24-5-11-28(43)12-6-24/h5-19,34,36-39,41,54H,20-23H2,1-4H3/t34-,36+,37+,38-,39?,41+/m1/s1. The van der Waals surface area contributed by atoms with Gasteiger partial charge in [-0.25, -0.2) is 17.9 Å². The van der Waals surface area contributed by atoms with Gasteiger partial charge in [0, 0.05) is 34.7 Å². The number of carbonyl (C=O) groups is 1. The maximum atomic E-state index is 14.5. The van der Waals surface area contributed by atoms with Gasteiger partial charge in [0.1, 0.15) is 40.7 Å². The molecule has 1 saturated heterocycles. The van der Waals surface area contributed by atoms with Crippen molar-refractivity contribution in [3.63, 3.8) is 0 Å². The quantitative estimate of drug-likeness (QED) is 0.0973. The lowest BCUT2D eigenvalue weighted by molar-refractivity contribution is -0.218. The van der Waals surface area contributed by atoms with Crippen LogP contribution in [-0.4, -0.2) is 86.2 Å². The van der Waals surface area contributed by atoms with E-state index in [9.17, 15) is 23.1 Å². The topological polar surface area (TPSA) is 108 Å². The molecular formula is C42H42Cl3F3N4O6S. The number of hydrogen-bond donors (Lipinski definition) is 1. The molecular weight excluding hydrogens is 852 g/mol. The molecule has 6 rings (SSSR count). The van der Waals surface area contributed by atoms with Gasteiger partial charge in [-0.2, -0.15) is 0 Å². The van der Waals surface area contributed by atoms with E-state index in [0.717, 1.165) is 40.6 Å². The van der Waals surface area contributed by atoms with E-state index in [1.54, 1.807) is 62.6 Å². The molecule has 314 valence electrons. The fraction of sp³-hybridized carbons (Fsp3) is 0.357. The molecule has 17 heteroatoms. The van der Waals surface area contributed by atoms with Crippen LogP contribution >= 0.6 is 46.6 Å². The van der Waals surface area contributed by atoms with E-state index in [2.05, 4.69) is 10.3 Å². The van der Waals surface area contributed by atoms with Crippen LogP contribution in [0.4, 0.5) is 13.2 Å². The lowest BCUT2D eigenvalue weighted by Gasteiger charge is -2.47. The largest absolute Gasteiger partial charge is 0.389 e. The number of benzene rings is 4. The Balaban J connectivity index is 1.46. The summed E-state index contributed by atoms with van der Waals surface area (Å²) in [6.45, 7) is 3.32. The van der Waals surface area contributed by atoms with Crippen molar-refractivity contribution < 1.29 is 42.0 Å². The summed E-state index contributed by atoms with van der Waals surface area (Å²) in [6, 6.07) is 22.0. The number of aliphatic hydroxyl groups is 1. The van der Waals surface area contributed by atoms with Crippen LogP contribution in [-0.2, 0) is 43.6 Å². The first-order valence-corrected chi connectivity index (χ1v) is 20.5. The SMILES string of the molecule is CN(C)C(=O)C(S[C@@H]1O[C@H](COCc2ccc(Cl)cc2)[C@H](OCc2ccc(Cl)cc2)[C@H](n2cc(-c3cc(F)c(F)c(F)c3)nn2)[C@H]1OCc1ccc(Cl)cc1)C(C)(C)O. The Morgan fingerprint density at radius 1 is 0.847 bits per heavy atom. The zero-order valence-electron chi connectivity index (χ0n) is 32.4. The Labute approximate surface area is 359 Å². The second-order valence-electron chi connectivity index (χ2n) is 14.7. The predicted octanol–water partition coefficient (Wildman–Crippen LogP) is 8.94. The average Bonchev–Trinajstić information content (AvgIpc) is 3.69. The van der Waals surface area contributed by atoms with Crippen molar-refractivity contribution in [2.24, 2.45) is 0 Å². The maximum Gasteiger partial charge on any atom is 0.238 e. The Kier molecular flexibility index (Phi) is 15.0. The van der Waals surface area contributed by atoms with Crippen molar-refractivity contribution in [3.8, 4) is 11.3 Å². The molecule has 0 spiro atoms. The number of halogens is 6. The lowest BCUT2D eigenvalue weighted by Crippen LogP contribution is -2.58. The zero-order valence-corrected chi connectivity index (χ0v) is 35.5. The number of nitrogens with zero attached hydrogens (tertiary/aromatic N) is 4. The van der Waals surface area contributed by atoms with Crippen LogP contribution in [0, 0.1) is 17.5 Å². The first-order chi connectivity index (χ1) is 28.1.